The minimum Gasteiger partial charge on any atom is -0.328 e. The number of rotatable bonds is 4. The van der Waals surface area contributed by atoms with E-state index >= 15 is 0 Å². The number of nitrogens with zero attached hydrogens (tertiary/aromatic N) is 1. The molecule has 0 aromatic heterocycles. The second-order valence-corrected chi connectivity index (χ2v) is 4.63. The minimum absolute atomic E-state index is 0.154. The van der Waals surface area contributed by atoms with Crippen LogP contribution in [-0.4, -0.2) is 21.5 Å². The fraction of sp³-hybridized carbons (Fsp3) is 0.400. The van der Waals surface area contributed by atoms with Crippen molar-refractivity contribution in [1.29, 1.82) is 0 Å². The fourth-order valence-corrected chi connectivity index (χ4v) is 2.17. The van der Waals surface area contributed by atoms with Crippen LogP contribution in [0.2, 0.25) is 0 Å². The molecule has 0 N–H and O–H groups in total. The van der Waals surface area contributed by atoms with Gasteiger partial charge in [-0.3, -0.25) is 0 Å². The molecule has 1 nitrogen and oxygen atoms in total. The maximum absolute atomic E-state index is 12.6. The normalized spacial score (nSPS) is 11.0. The first kappa shape index (κ1) is 10.4. The van der Waals surface area contributed by atoms with Crippen LogP contribution < -0.4 is 0 Å². The van der Waals surface area contributed by atoms with Crippen LogP contribution in [0.5, 0.6) is 0 Å². The average Bonchev–Trinajstić information content (AvgIpc) is 2.09. The molecule has 0 spiro atoms. The third-order valence-electron chi connectivity index (χ3n) is 1.97. The van der Waals surface area contributed by atoms with Crippen molar-refractivity contribution in [2.24, 2.45) is 0 Å². The molecule has 0 atom stereocenters. The molecule has 1 aromatic carbocycles. The smallest absolute Gasteiger partial charge is 0.123 e. The second kappa shape index (κ2) is 5.14. The molecule has 0 aliphatic carbocycles. The molecule has 0 saturated carbocycles. The first-order valence-corrected chi connectivity index (χ1v) is 5.55. The van der Waals surface area contributed by atoms with Gasteiger partial charge in [-0.2, -0.15) is 0 Å². The summed E-state index contributed by atoms with van der Waals surface area (Å²) in [5.41, 5.74) is 1.20. The van der Waals surface area contributed by atoms with Gasteiger partial charge in [0.05, 0.1) is 10.4 Å². The van der Waals surface area contributed by atoms with Gasteiger partial charge in [-0.25, -0.2) is 4.39 Å². The third-order valence-corrected chi connectivity index (χ3v) is 2.73. The quantitative estimate of drug-likeness (QED) is 0.658. The summed E-state index contributed by atoms with van der Waals surface area (Å²) in [6.07, 6.45) is 1.19. The molecule has 1 aromatic rings. The lowest BCUT2D eigenvalue weighted by molar-refractivity contribution is 0.447. The molecule has 0 bridgehead atoms. The van der Waals surface area contributed by atoms with Crippen LogP contribution in [0.1, 0.15) is 18.9 Å². The topological polar surface area (TPSA) is 3.24 Å². The van der Waals surface area contributed by atoms with E-state index in [2.05, 4.69) is 11.5 Å². The Kier molecular flexibility index (Phi) is 4.12. The molecule has 0 aliphatic rings. The summed E-state index contributed by atoms with van der Waals surface area (Å²) in [6, 6.07) is 6.76. The molecule has 3 heteroatoms. The summed E-state index contributed by atoms with van der Waals surface area (Å²) in [6.45, 7) is 4.28. The molecular weight excluding hydrogens is 181 g/mol. The zero-order chi connectivity index (χ0) is 9.68. The Balaban J connectivity index is 2.49. The first-order chi connectivity index (χ1) is 6.22. The zero-order valence-electron chi connectivity index (χ0n) is 8.26. The lowest BCUT2D eigenvalue weighted by Gasteiger charge is -2.15. The van der Waals surface area contributed by atoms with Crippen LogP contribution in [-0.2, 0) is 6.54 Å². The molecule has 0 saturated heterocycles. The van der Waals surface area contributed by atoms with Gasteiger partial charge in [0, 0.05) is 6.54 Å². The number of benzene rings is 1. The summed E-state index contributed by atoms with van der Waals surface area (Å²) in [4.78, 5) is 0. The van der Waals surface area contributed by atoms with E-state index in [9.17, 15) is 4.39 Å². The predicted molar refractivity (Wildman–Crippen MR) is 57.0 cm³/mol. The number of hydrogen-bond acceptors (Lipinski definition) is 1. The SMILES string of the molecule is CCCN([SiH3])Cc1ccc(F)cc1. The van der Waals surface area contributed by atoms with E-state index in [0.29, 0.717) is 0 Å². The van der Waals surface area contributed by atoms with Crippen molar-refractivity contribution in [3.8, 4) is 0 Å². The van der Waals surface area contributed by atoms with E-state index in [1.165, 1.54) is 24.1 Å². The third kappa shape index (κ3) is 3.70. The highest BCUT2D eigenvalue weighted by Crippen LogP contribution is 2.05. The standard InChI is InChI=1S/C10H16FNSi/c1-2-7-12(13)8-9-3-5-10(11)6-4-9/h3-6H,2,7-8H2,1,13H3. The molecule has 0 unspecified atom stereocenters. The van der Waals surface area contributed by atoms with Gasteiger partial charge >= 0.3 is 0 Å². The van der Waals surface area contributed by atoms with Gasteiger partial charge in [0.1, 0.15) is 5.82 Å². The Bertz CT molecular complexity index is 248. The van der Waals surface area contributed by atoms with Crippen LogP contribution in [0, 0.1) is 5.82 Å². The van der Waals surface area contributed by atoms with Gasteiger partial charge in [-0.05, 0) is 30.7 Å². The maximum atomic E-state index is 12.6. The summed E-state index contributed by atoms with van der Waals surface area (Å²) >= 11 is 0. The zero-order valence-corrected chi connectivity index (χ0v) is 10.3. The van der Waals surface area contributed by atoms with Gasteiger partial charge < -0.3 is 4.57 Å². The molecule has 0 amide bonds. The minimum atomic E-state index is -0.154. The van der Waals surface area contributed by atoms with Gasteiger partial charge in [0.2, 0.25) is 0 Å². The van der Waals surface area contributed by atoms with Crippen molar-refractivity contribution in [1.82, 2.24) is 4.57 Å². The highest BCUT2D eigenvalue weighted by atomic mass is 28.2. The Hall–Kier alpha value is -0.673. The molecule has 0 heterocycles. The van der Waals surface area contributed by atoms with E-state index in [1.54, 1.807) is 0 Å². The highest BCUT2D eigenvalue weighted by Gasteiger charge is 1.98. The predicted octanol–water partition coefficient (Wildman–Crippen LogP) is 1.32. The van der Waals surface area contributed by atoms with Crippen molar-refractivity contribution in [2.75, 3.05) is 6.54 Å². The Morgan fingerprint density at radius 2 is 1.92 bits per heavy atom. The molecule has 0 radical (unpaired) electrons. The Morgan fingerprint density at radius 3 is 2.46 bits per heavy atom. The second-order valence-electron chi connectivity index (χ2n) is 3.36. The van der Waals surface area contributed by atoms with Crippen molar-refractivity contribution >= 4 is 10.4 Å². The Morgan fingerprint density at radius 1 is 1.31 bits per heavy atom. The van der Waals surface area contributed by atoms with Crippen LogP contribution in [0.15, 0.2) is 24.3 Å². The lowest BCUT2D eigenvalue weighted by Crippen LogP contribution is -2.20. The van der Waals surface area contributed by atoms with Crippen LogP contribution >= 0.6 is 0 Å². The molecule has 0 fully saturated rings. The fourth-order valence-electron chi connectivity index (χ4n) is 1.36. The largest absolute Gasteiger partial charge is 0.328 e. The van der Waals surface area contributed by atoms with Crippen LogP contribution in [0.3, 0.4) is 0 Å². The molecular formula is C10H16FNSi. The number of hydrogen-bond donors (Lipinski definition) is 0. The van der Waals surface area contributed by atoms with Crippen LogP contribution in [0.4, 0.5) is 4.39 Å². The van der Waals surface area contributed by atoms with Gasteiger partial charge in [0.15, 0.2) is 0 Å². The van der Waals surface area contributed by atoms with E-state index in [4.69, 9.17) is 0 Å². The summed E-state index contributed by atoms with van der Waals surface area (Å²) in [5.74, 6) is -0.154. The average molecular weight is 197 g/mol. The molecule has 72 valence electrons. The summed E-state index contributed by atoms with van der Waals surface area (Å²) in [5, 5.41) is 0. The van der Waals surface area contributed by atoms with E-state index < -0.39 is 0 Å². The highest BCUT2D eigenvalue weighted by molar-refractivity contribution is 6.04. The van der Waals surface area contributed by atoms with Crippen molar-refractivity contribution in [2.45, 2.75) is 19.9 Å². The van der Waals surface area contributed by atoms with E-state index in [1.807, 2.05) is 12.1 Å². The van der Waals surface area contributed by atoms with E-state index in [-0.39, 0.29) is 5.82 Å². The van der Waals surface area contributed by atoms with Crippen LogP contribution in [0.25, 0.3) is 0 Å². The summed E-state index contributed by atoms with van der Waals surface area (Å²) < 4.78 is 14.9. The molecule has 0 aliphatic heterocycles. The lowest BCUT2D eigenvalue weighted by atomic mass is 10.2. The van der Waals surface area contributed by atoms with Gasteiger partial charge in [-0.1, -0.05) is 19.1 Å². The van der Waals surface area contributed by atoms with Gasteiger partial charge in [-0.15, -0.1) is 0 Å². The van der Waals surface area contributed by atoms with Crippen molar-refractivity contribution in [3.63, 3.8) is 0 Å². The first-order valence-electron chi connectivity index (χ1n) is 4.65. The molecule has 13 heavy (non-hydrogen) atoms. The molecule has 1 rings (SSSR count). The maximum Gasteiger partial charge on any atom is 0.123 e. The number of halogens is 1. The monoisotopic (exact) mass is 197 g/mol. The van der Waals surface area contributed by atoms with Gasteiger partial charge in [0.25, 0.3) is 0 Å². The summed E-state index contributed by atoms with van der Waals surface area (Å²) in [7, 11) is 1.07. The Labute approximate surface area is 82.1 Å². The van der Waals surface area contributed by atoms with Crippen molar-refractivity contribution in [3.05, 3.63) is 35.6 Å². The van der Waals surface area contributed by atoms with Crippen molar-refractivity contribution < 1.29 is 4.39 Å². The van der Waals surface area contributed by atoms with E-state index in [0.717, 1.165) is 23.5 Å².